The SMILES string of the molecule is CCOC(=O)/C(N=Nc1ccc(Cl)cc1)=C(\O)CCl. The highest BCUT2D eigenvalue weighted by molar-refractivity contribution is 6.30. The Morgan fingerprint density at radius 2 is 2.00 bits per heavy atom. The fourth-order valence-electron chi connectivity index (χ4n) is 1.09. The van der Waals surface area contributed by atoms with Crippen molar-refractivity contribution in [2.24, 2.45) is 10.2 Å². The van der Waals surface area contributed by atoms with Crippen LogP contribution < -0.4 is 0 Å². The summed E-state index contributed by atoms with van der Waals surface area (Å²) in [6.07, 6.45) is 0. The Morgan fingerprint density at radius 1 is 1.37 bits per heavy atom. The van der Waals surface area contributed by atoms with Crippen LogP contribution in [0.1, 0.15) is 6.92 Å². The maximum atomic E-state index is 11.5. The van der Waals surface area contributed by atoms with E-state index in [0.29, 0.717) is 10.7 Å². The summed E-state index contributed by atoms with van der Waals surface area (Å²) in [6.45, 7) is 1.80. The molecule has 0 atom stereocenters. The number of benzene rings is 1. The minimum absolute atomic E-state index is 0.161. The minimum Gasteiger partial charge on any atom is -0.508 e. The van der Waals surface area contributed by atoms with Crippen LogP contribution in [0.2, 0.25) is 5.02 Å². The molecule has 0 amide bonds. The van der Waals surface area contributed by atoms with Crippen molar-refractivity contribution < 1.29 is 14.6 Å². The number of nitrogens with zero attached hydrogens (tertiary/aromatic N) is 2. The Bertz CT molecular complexity index is 498. The zero-order valence-corrected chi connectivity index (χ0v) is 11.6. The van der Waals surface area contributed by atoms with Gasteiger partial charge in [-0.1, -0.05) is 11.6 Å². The van der Waals surface area contributed by atoms with Crippen molar-refractivity contribution in [3.63, 3.8) is 0 Å². The van der Waals surface area contributed by atoms with Gasteiger partial charge in [-0.2, -0.15) is 5.11 Å². The van der Waals surface area contributed by atoms with Gasteiger partial charge < -0.3 is 9.84 Å². The quantitative estimate of drug-likeness (QED) is 0.294. The van der Waals surface area contributed by atoms with Crippen LogP contribution in [-0.2, 0) is 9.53 Å². The van der Waals surface area contributed by atoms with Crippen molar-refractivity contribution in [3.05, 3.63) is 40.7 Å². The molecule has 1 rings (SSSR count). The lowest BCUT2D eigenvalue weighted by Gasteiger charge is -2.03. The van der Waals surface area contributed by atoms with Gasteiger partial charge in [-0.25, -0.2) is 4.79 Å². The summed E-state index contributed by atoms with van der Waals surface area (Å²) in [5.74, 6) is -1.43. The number of allylic oxidation sites excluding steroid dienone is 1. The molecule has 5 nitrogen and oxygen atoms in total. The van der Waals surface area contributed by atoms with Crippen LogP contribution in [0.3, 0.4) is 0 Å². The van der Waals surface area contributed by atoms with Crippen LogP contribution in [0.15, 0.2) is 46.0 Å². The number of ether oxygens (including phenoxy) is 1. The molecule has 7 heteroatoms. The summed E-state index contributed by atoms with van der Waals surface area (Å²) in [7, 11) is 0. The van der Waals surface area contributed by atoms with Crippen molar-refractivity contribution in [1.29, 1.82) is 0 Å². The smallest absolute Gasteiger partial charge is 0.362 e. The highest BCUT2D eigenvalue weighted by Gasteiger charge is 2.15. The number of aliphatic hydroxyl groups excluding tert-OH is 1. The summed E-state index contributed by atoms with van der Waals surface area (Å²) < 4.78 is 4.74. The van der Waals surface area contributed by atoms with Gasteiger partial charge in [-0.15, -0.1) is 16.7 Å². The van der Waals surface area contributed by atoms with Crippen LogP contribution in [0.5, 0.6) is 0 Å². The largest absolute Gasteiger partial charge is 0.508 e. The van der Waals surface area contributed by atoms with Gasteiger partial charge in [-0.05, 0) is 31.2 Å². The number of alkyl halides is 1. The summed E-state index contributed by atoms with van der Waals surface area (Å²) in [5.41, 5.74) is 0.167. The van der Waals surface area contributed by atoms with Crippen LogP contribution in [-0.4, -0.2) is 23.6 Å². The number of hydrogen-bond donors (Lipinski definition) is 1. The van der Waals surface area contributed by atoms with Crippen molar-refractivity contribution in [3.8, 4) is 0 Å². The van der Waals surface area contributed by atoms with Crippen LogP contribution >= 0.6 is 23.2 Å². The van der Waals surface area contributed by atoms with Crippen LogP contribution in [0.25, 0.3) is 0 Å². The lowest BCUT2D eigenvalue weighted by Crippen LogP contribution is -2.09. The van der Waals surface area contributed by atoms with E-state index in [1.165, 1.54) is 0 Å². The van der Waals surface area contributed by atoms with Gasteiger partial charge in [-0.3, -0.25) is 0 Å². The first-order chi connectivity index (χ1) is 9.08. The molecule has 0 aliphatic heterocycles. The van der Waals surface area contributed by atoms with Crippen molar-refractivity contribution in [2.75, 3.05) is 12.5 Å². The molecule has 0 saturated heterocycles. The second-order valence-corrected chi connectivity index (χ2v) is 4.03. The first-order valence-electron chi connectivity index (χ1n) is 5.41. The molecule has 1 N–H and O–H groups in total. The van der Waals surface area contributed by atoms with E-state index in [1.54, 1.807) is 31.2 Å². The Balaban J connectivity index is 2.95. The molecule has 0 heterocycles. The van der Waals surface area contributed by atoms with Gasteiger partial charge >= 0.3 is 5.97 Å². The minimum atomic E-state index is -0.779. The predicted molar refractivity (Wildman–Crippen MR) is 73.0 cm³/mol. The maximum absolute atomic E-state index is 11.5. The van der Waals surface area contributed by atoms with Gasteiger partial charge in [0.2, 0.25) is 5.70 Å². The summed E-state index contributed by atoms with van der Waals surface area (Å²) in [4.78, 5) is 11.5. The van der Waals surface area contributed by atoms with Crippen molar-refractivity contribution in [2.45, 2.75) is 6.92 Å². The van der Waals surface area contributed by atoms with E-state index in [-0.39, 0.29) is 18.2 Å². The lowest BCUT2D eigenvalue weighted by atomic mass is 10.3. The third kappa shape index (κ3) is 4.89. The first kappa shape index (κ1) is 15.5. The fraction of sp³-hybridized carbons (Fsp3) is 0.250. The van der Waals surface area contributed by atoms with Gasteiger partial charge in [0.1, 0.15) is 5.76 Å². The van der Waals surface area contributed by atoms with E-state index in [0.717, 1.165) is 0 Å². The first-order valence-corrected chi connectivity index (χ1v) is 6.32. The molecule has 0 unspecified atom stereocenters. The second kappa shape index (κ2) is 7.76. The van der Waals surface area contributed by atoms with Crippen molar-refractivity contribution in [1.82, 2.24) is 0 Å². The predicted octanol–water partition coefficient (Wildman–Crippen LogP) is 4.00. The molecule has 0 fully saturated rings. The molecule has 19 heavy (non-hydrogen) atoms. The van der Waals surface area contributed by atoms with Crippen LogP contribution in [0, 0.1) is 0 Å². The maximum Gasteiger partial charge on any atom is 0.362 e. The summed E-state index contributed by atoms with van der Waals surface area (Å²) in [5, 5.41) is 17.5. The second-order valence-electron chi connectivity index (χ2n) is 3.33. The highest BCUT2D eigenvalue weighted by Crippen LogP contribution is 2.18. The van der Waals surface area contributed by atoms with Gasteiger partial charge in [0, 0.05) is 5.02 Å². The Kier molecular flexibility index (Phi) is 6.32. The molecular weight excluding hydrogens is 291 g/mol. The molecule has 0 spiro atoms. The number of carbonyl (C=O) groups excluding carboxylic acids is 1. The van der Waals surface area contributed by atoms with Gasteiger partial charge in [0.15, 0.2) is 0 Å². The molecule has 0 aliphatic carbocycles. The zero-order valence-electron chi connectivity index (χ0n) is 10.1. The Labute approximate surface area is 120 Å². The number of carbonyl (C=O) groups is 1. The number of rotatable bonds is 5. The average molecular weight is 303 g/mol. The molecule has 0 bridgehead atoms. The Morgan fingerprint density at radius 3 is 2.53 bits per heavy atom. The number of azo groups is 1. The van der Waals surface area contributed by atoms with E-state index in [1.807, 2.05) is 0 Å². The van der Waals surface area contributed by atoms with E-state index in [9.17, 15) is 9.90 Å². The molecule has 0 aromatic heterocycles. The number of aliphatic hydroxyl groups is 1. The third-order valence-corrected chi connectivity index (χ3v) is 2.47. The lowest BCUT2D eigenvalue weighted by molar-refractivity contribution is -0.138. The normalized spacial score (nSPS) is 12.4. The summed E-state index contributed by atoms with van der Waals surface area (Å²) in [6, 6.07) is 6.49. The molecule has 102 valence electrons. The van der Waals surface area contributed by atoms with Crippen LogP contribution in [0.4, 0.5) is 5.69 Å². The fourth-order valence-corrected chi connectivity index (χ4v) is 1.35. The van der Waals surface area contributed by atoms with Crippen molar-refractivity contribution >= 4 is 34.9 Å². The molecule has 0 radical (unpaired) electrons. The Hall–Kier alpha value is -1.59. The molecule has 0 saturated carbocycles. The van der Waals surface area contributed by atoms with E-state index >= 15 is 0 Å². The van der Waals surface area contributed by atoms with Gasteiger partial charge in [0.05, 0.1) is 18.2 Å². The number of halogens is 2. The molecular formula is C12H12Cl2N2O3. The third-order valence-electron chi connectivity index (χ3n) is 1.96. The molecule has 0 aliphatic rings. The molecule has 1 aromatic carbocycles. The standard InChI is InChI=1S/C12H12Cl2N2O3/c1-2-19-12(18)11(10(17)7-13)16-15-9-5-3-8(14)4-6-9/h3-6,17H,2,7H2,1H3/b11-10+,16-15?. The average Bonchev–Trinajstić information content (AvgIpc) is 2.41. The van der Waals surface area contributed by atoms with E-state index in [4.69, 9.17) is 27.9 Å². The summed E-state index contributed by atoms with van der Waals surface area (Å²) >= 11 is 11.2. The van der Waals surface area contributed by atoms with E-state index in [2.05, 4.69) is 10.2 Å². The number of hydrogen-bond acceptors (Lipinski definition) is 5. The monoisotopic (exact) mass is 302 g/mol. The highest BCUT2D eigenvalue weighted by atomic mass is 35.5. The van der Waals surface area contributed by atoms with Gasteiger partial charge in [0.25, 0.3) is 0 Å². The van der Waals surface area contributed by atoms with E-state index < -0.39 is 11.7 Å². The topological polar surface area (TPSA) is 71.2 Å². The zero-order chi connectivity index (χ0) is 14.3. The number of esters is 1. The molecule has 1 aromatic rings.